The van der Waals surface area contributed by atoms with Crippen molar-refractivity contribution in [3.63, 3.8) is 0 Å². The smallest absolute Gasteiger partial charge is 0.152 e. The second kappa shape index (κ2) is 4.62. The Morgan fingerprint density at radius 2 is 2.35 bits per heavy atom. The standard InChI is InChI=1S/C12H17N5O2S/c1-2-10-11(8-5-14-15-6-8)16-17(12(10)13)9-3-4-20(18,19)7-9/h5-6,9H,2-4,7,13H2,1H3,(H,14,15). The molecule has 0 spiro atoms. The maximum Gasteiger partial charge on any atom is 0.152 e. The zero-order chi connectivity index (χ0) is 14.3. The minimum absolute atomic E-state index is 0.118. The second-order valence-electron chi connectivity index (χ2n) is 5.05. The molecule has 0 aliphatic carbocycles. The van der Waals surface area contributed by atoms with Crippen molar-refractivity contribution in [2.75, 3.05) is 17.2 Å². The number of nitrogens with two attached hydrogens (primary N) is 1. The molecule has 1 fully saturated rings. The minimum Gasteiger partial charge on any atom is -0.384 e. The van der Waals surface area contributed by atoms with Gasteiger partial charge in [0.15, 0.2) is 9.84 Å². The number of nitrogens with zero attached hydrogens (tertiary/aromatic N) is 3. The third kappa shape index (κ3) is 2.09. The molecule has 3 rings (SSSR count). The number of hydrogen-bond acceptors (Lipinski definition) is 5. The molecule has 1 aliphatic rings. The Morgan fingerprint density at radius 3 is 2.90 bits per heavy atom. The lowest BCUT2D eigenvalue weighted by Gasteiger charge is -2.10. The Bertz CT molecular complexity index is 717. The third-order valence-electron chi connectivity index (χ3n) is 3.73. The Hall–Kier alpha value is -1.83. The molecule has 3 N–H and O–H groups in total. The van der Waals surface area contributed by atoms with Gasteiger partial charge in [-0.3, -0.25) is 5.10 Å². The molecule has 0 saturated carbocycles. The van der Waals surface area contributed by atoms with Crippen molar-refractivity contribution < 1.29 is 8.42 Å². The first-order chi connectivity index (χ1) is 9.52. The first-order valence-electron chi connectivity index (χ1n) is 6.58. The van der Waals surface area contributed by atoms with E-state index in [-0.39, 0.29) is 17.5 Å². The molecule has 3 heterocycles. The summed E-state index contributed by atoms with van der Waals surface area (Å²) in [5.74, 6) is 0.887. The van der Waals surface area contributed by atoms with Crippen LogP contribution < -0.4 is 5.73 Å². The van der Waals surface area contributed by atoms with Gasteiger partial charge >= 0.3 is 0 Å². The van der Waals surface area contributed by atoms with Gasteiger partial charge in [0, 0.05) is 17.3 Å². The number of nitrogens with one attached hydrogen (secondary N) is 1. The van der Waals surface area contributed by atoms with Crippen molar-refractivity contribution in [1.82, 2.24) is 20.0 Å². The Kier molecular flexibility index (Phi) is 3.04. The molecule has 8 heteroatoms. The van der Waals surface area contributed by atoms with E-state index in [9.17, 15) is 8.42 Å². The zero-order valence-electron chi connectivity index (χ0n) is 11.2. The van der Waals surface area contributed by atoms with Gasteiger partial charge in [0.1, 0.15) is 11.5 Å². The molecule has 0 amide bonds. The summed E-state index contributed by atoms with van der Waals surface area (Å²) < 4.78 is 24.9. The Morgan fingerprint density at radius 1 is 1.55 bits per heavy atom. The van der Waals surface area contributed by atoms with Crippen molar-refractivity contribution in [1.29, 1.82) is 0 Å². The number of aromatic amines is 1. The summed E-state index contributed by atoms with van der Waals surface area (Å²) in [6.07, 6.45) is 4.77. The molecule has 0 radical (unpaired) electrons. The van der Waals surface area contributed by atoms with Crippen LogP contribution in [-0.2, 0) is 16.3 Å². The van der Waals surface area contributed by atoms with Gasteiger partial charge in [-0.2, -0.15) is 10.2 Å². The third-order valence-corrected chi connectivity index (χ3v) is 5.48. The summed E-state index contributed by atoms with van der Waals surface area (Å²) in [6, 6.07) is -0.161. The number of H-pyrrole nitrogens is 1. The summed E-state index contributed by atoms with van der Waals surface area (Å²) in [5, 5.41) is 11.2. The molecule has 0 aromatic carbocycles. The number of rotatable bonds is 3. The van der Waals surface area contributed by atoms with E-state index in [1.807, 2.05) is 6.92 Å². The summed E-state index contributed by atoms with van der Waals surface area (Å²) in [5.41, 5.74) is 8.75. The van der Waals surface area contributed by atoms with Gasteiger partial charge in [0.2, 0.25) is 0 Å². The molecule has 7 nitrogen and oxygen atoms in total. The van der Waals surface area contributed by atoms with E-state index in [1.165, 1.54) is 0 Å². The van der Waals surface area contributed by atoms with Crippen LogP contribution in [0, 0.1) is 0 Å². The van der Waals surface area contributed by atoms with E-state index in [1.54, 1.807) is 17.1 Å². The molecule has 1 aliphatic heterocycles. The highest BCUT2D eigenvalue weighted by atomic mass is 32.2. The van der Waals surface area contributed by atoms with Crippen LogP contribution in [-0.4, -0.2) is 39.9 Å². The van der Waals surface area contributed by atoms with Gasteiger partial charge in [-0.15, -0.1) is 0 Å². The predicted molar refractivity (Wildman–Crippen MR) is 75.9 cm³/mol. The largest absolute Gasteiger partial charge is 0.384 e. The molecule has 1 unspecified atom stereocenters. The lowest BCUT2D eigenvalue weighted by Crippen LogP contribution is -2.15. The van der Waals surface area contributed by atoms with Gasteiger partial charge in [-0.25, -0.2) is 13.1 Å². The van der Waals surface area contributed by atoms with Crippen molar-refractivity contribution in [3.05, 3.63) is 18.0 Å². The number of hydrogen-bond donors (Lipinski definition) is 2. The van der Waals surface area contributed by atoms with Crippen LogP contribution in [0.5, 0.6) is 0 Å². The van der Waals surface area contributed by atoms with Gasteiger partial charge in [0.25, 0.3) is 0 Å². The molecule has 20 heavy (non-hydrogen) atoms. The van der Waals surface area contributed by atoms with Gasteiger partial charge < -0.3 is 5.73 Å². The van der Waals surface area contributed by atoms with E-state index in [2.05, 4.69) is 15.3 Å². The highest BCUT2D eigenvalue weighted by Gasteiger charge is 2.32. The normalized spacial score (nSPS) is 21.4. The van der Waals surface area contributed by atoms with Crippen LogP contribution in [0.2, 0.25) is 0 Å². The van der Waals surface area contributed by atoms with Crippen LogP contribution in [0.3, 0.4) is 0 Å². The van der Waals surface area contributed by atoms with Crippen molar-refractivity contribution in [2.24, 2.45) is 0 Å². The van der Waals surface area contributed by atoms with E-state index in [4.69, 9.17) is 5.73 Å². The monoisotopic (exact) mass is 295 g/mol. The average Bonchev–Trinajstić information content (AvgIpc) is 3.08. The molecule has 1 saturated heterocycles. The SMILES string of the molecule is CCc1c(-c2cn[nH]c2)nn(C2CCS(=O)(=O)C2)c1N. The van der Waals surface area contributed by atoms with E-state index in [0.29, 0.717) is 12.2 Å². The topological polar surface area (TPSA) is 107 Å². The number of aromatic nitrogens is 4. The molecule has 0 bridgehead atoms. The van der Waals surface area contributed by atoms with E-state index in [0.717, 1.165) is 23.2 Å². The van der Waals surface area contributed by atoms with Gasteiger partial charge in [-0.1, -0.05) is 6.92 Å². The first kappa shape index (κ1) is 13.2. The van der Waals surface area contributed by atoms with E-state index >= 15 is 0 Å². The van der Waals surface area contributed by atoms with E-state index < -0.39 is 9.84 Å². The predicted octanol–water partition coefficient (Wildman–Crippen LogP) is 0.777. The van der Waals surface area contributed by atoms with Crippen LogP contribution in [0.15, 0.2) is 12.4 Å². The fraction of sp³-hybridized carbons (Fsp3) is 0.500. The number of anilines is 1. The summed E-state index contributed by atoms with van der Waals surface area (Å²) in [6.45, 7) is 2.01. The fourth-order valence-electron chi connectivity index (χ4n) is 2.69. The van der Waals surface area contributed by atoms with Crippen molar-refractivity contribution in [2.45, 2.75) is 25.8 Å². The lowest BCUT2D eigenvalue weighted by atomic mass is 10.1. The van der Waals surface area contributed by atoms with Crippen molar-refractivity contribution >= 4 is 15.7 Å². The van der Waals surface area contributed by atoms with Gasteiger partial charge in [-0.05, 0) is 12.8 Å². The molecular formula is C12H17N5O2S. The molecule has 1 atom stereocenters. The second-order valence-corrected chi connectivity index (χ2v) is 7.28. The van der Waals surface area contributed by atoms with Gasteiger partial charge in [0.05, 0.1) is 23.7 Å². The Labute approximate surface area is 117 Å². The summed E-state index contributed by atoms with van der Waals surface area (Å²) in [7, 11) is -2.96. The minimum atomic E-state index is -2.96. The molecule has 108 valence electrons. The average molecular weight is 295 g/mol. The summed E-state index contributed by atoms with van der Waals surface area (Å²) in [4.78, 5) is 0. The highest BCUT2D eigenvalue weighted by molar-refractivity contribution is 7.91. The summed E-state index contributed by atoms with van der Waals surface area (Å²) >= 11 is 0. The van der Waals surface area contributed by atoms with Crippen LogP contribution in [0.4, 0.5) is 5.82 Å². The number of nitrogen functional groups attached to an aromatic ring is 1. The van der Waals surface area contributed by atoms with Crippen LogP contribution in [0.25, 0.3) is 11.3 Å². The van der Waals surface area contributed by atoms with Crippen LogP contribution in [0.1, 0.15) is 24.9 Å². The Balaban J connectivity index is 2.05. The van der Waals surface area contributed by atoms with Crippen molar-refractivity contribution in [3.8, 4) is 11.3 Å². The maximum absolute atomic E-state index is 11.6. The highest BCUT2D eigenvalue weighted by Crippen LogP contribution is 2.32. The quantitative estimate of drug-likeness (QED) is 0.870. The van der Waals surface area contributed by atoms with Crippen LogP contribution >= 0.6 is 0 Å². The zero-order valence-corrected chi connectivity index (χ0v) is 12.0. The first-order valence-corrected chi connectivity index (χ1v) is 8.40. The molecule has 2 aromatic heterocycles. The maximum atomic E-state index is 11.6. The molecule has 2 aromatic rings. The number of sulfone groups is 1. The fourth-order valence-corrected chi connectivity index (χ4v) is 4.38. The lowest BCUT2D eigenvalue weighted by molar-refractivity contribution is 0.508. The molecular weight excluding hydrogens is 278 g/mol.